The second-order valence-electron chi connectivity index (χ2n) is 3.66. The van der Waals surface area contributed by atoms with E-state index in [1.165, 1.54) is 0 Å². The van der Waals surface area contributed by atoms with Crippen LogP contribution in [0.3, 0.4) is 0 Å². The summed E-state index contributed by atoms with van der Waals surface area (Å²) < 4.78 is 16.0. The molecule has 2 N–H and O–H groups in total. The molecule has 0 aliphatic heterocycles. The molecule has 0 saturated carbocycles. The quantitative estimate of drug-likeness (QED) is 0.572. The number of carbonyl (C=O) groups is 1. The van der Waals surface area contributed by atoms with Crippen molar-refractivity contribution in [2.75, 3.05) is 24.7 Å². The molecular weight excluding hydrogens is 220 g/mol. The zero-order chi connectivity index (χ0) is 11.8. The minimum Gasteiger partial charge on any atom is -0.465 e. The lowest BCUT2D eigenvalue weighted by Gasteiger charge is -2.08. The molecule has 0 radical (unpaired) electrons. The fourth-order valence-corrected chi connectivity index (χ4v) is 1.76. The first kappa shape index (κ1) is 14.5. The maximum absolute atomic E-state index is 11.2. The highest BCUT2D eigenvalue weighted by atomic mass is 32.2. The maximum atomic E-state index is 11.2. The Morgan fingerprint density at radius 2 is 2.07 bits per heavy atom. The number of hydrogen-bond acceptors (Lipinski definition) is 5. The van der Waals surface area contributed by atoms with Crippen LogP contribution in [-0.2, 0) is 20.3 Å². The molecule has 0 amide bonds. The second kappa shape index (κ2) is 7.78. The van der Waals surface area contributed by atoms with Crippen LogP contribution < -0.4 is 0 Å². The summed E-state index contributed by atoms with van der Waals surface area (Å²) in [7, 11) is -1.48. The van der Waals surface area contributed by atoms with E-state index in [-0.39, 0.29) is 17.4 Å². The van der Waals surface area contributed by atoms with Crippen molar-refractivity contribution < 1.29 is 24.0 Å². The molecule has 90 valence electrons. The molecule has 0 aliphatic carbocycles. The van der Waals surface area contributed by atoms with Gasteiger partial charge in [0.25, 0.3) is 0 Å². The summed E-state index contributed by atoms with van der Waals surface area (Å²) in [5.74, 6) is -0.630. The van der Waals surface area contributed by atoms with Crippen LogP contribution in [0, 0.1) is 5.92 Å². The number of aliphatic hydroxyl groups excluding tert-OH is 2. The highest BCUT2D eigenvalue weighted by Crippen LogP contribution is 1.95. The zero-order valence-electron chi connectivity index (χ0n) is 9.01. The van der Waals surface area contributed by atoms with E-state index in [4.69, 9.17) is 14.9 Å². The Morgan fingerprint density at radius 1 is 1.47 bits per heavy atom. The Labute approximate surface area is 91.9 Å². The van der Waals surface area contributed by atoms with Gasteiger partial charge in [-0.3, -0.25) is 9.00 Å². The summed E-state index contributed by atoms with van der Waals surface area (Å²) in [5, 5.41) is 17.5. The summed E-state index contributed by atoms with van der Waals surface area (Å²) in [4.78, 5) is 11.1. The minimum absolute atomic E-state index is 0.104. The Hall–Kier alpha value is -0.460. The van der Waals surface area contributed by atoms with Crippen LogP contribution in [0.5, 0.6) is 0 Å². The largest absolute Gasteiger partial charge is 0.465 e. The molecule has 15 heavy (non-hydrogen) atoms. The van der Waals surface area contributed by atoms with Gasteiger partial charge in [0.05, 0.1) is 25.1 Å². The van der Waals surface area contributed by atoms with Crippen LogP contribution in [0.2, 0.25) is 0 Å². The first-order chi connectivity index (χ1) is 6.95. The van der Waals surface area contributed by atoms with Crippen molar-refractivity contribution in [1.82, 2.24) is 0 Å². The molecule has 0 saturated heterocycles. The predicted molar refractivity (Wildman–Crippen MR) is 56.8 cm³/mol. The molecule has 0 rings (SSSR count). The molecule has 2 atom stereocenters. The SMILES string of the molecule is CC(C)COC(=O)CS(=O)CC(O)CO. The van der Waals surface area contributed by atoms with Crippen molar-refractivity contribution in [2.45, 2.75) is 20.0 Å². The third-order valence-electron chi connectivity index (χ3n) is 1.45. The van der Waals surface area contributed by atoms with Gasteiger partial charge in [0.1, 0.15) is 5.75 Å². The standard InChI is InChI=1S/C9H18O5S/c1-7(2)4-14-9(12)6-15(13)5-8(11)3-10/h7-8,10-11H,3-6H2,1-2H3. The van der Waals surface area contributed by atoms with Gasteiger partial charge in [-0.25, -0.2) is 0 Å². The molecule has 0 aromatic carbocycles. The Morgan fingerprint density at radius 3 is 2.53 bits per heavy atom. The van der Waals surface area contributed by atoms with Gasteiger partial charge >= 0.3 is 5.97 Å². The summed E-state index contributed by atoms with van der Waals surface area (Å²) in [6.07, 6.45) is -1.04. The summed E-state index contributed by atoms with van der Waals surface area (Å²) in [5.41, 5.74) is 0. The summed E-state index contributed by atoms with van der Waals surface area (Å²) in [6.45, 7) is 3.66. The molecule has 0 heterocycles. The van der Waals surface area contributed by atoms with E-state index < -0.39 is 29.5 Å². The number of hydrogen-bond donors (Lipinski definition) is 2. The van der Waals surface area contributed by atoms with Crippen molar-refractivity contribution in [3.05, 3.63) is 0 Å². The third-order valence-corrected chi connectivity index (χ3v) is 2.76. The van der Waals surface area contributed by atoms with Crippen LogP contribution in [0.1, 0.15) is 13.8 Å². The van der Waals surface area contributed by atoms with Gasteiger partial charge in [-0.15, -0.1) is 0 Å². The van der Waals surface area contributed by atoms with Gasteiger partial charge in [-0.05, 0) is 5.92 Å². The molecule has 0 aromatic heterocycles. The molecule has 0 bridgehead atoms. The lowest BCUT2D eigenvalue weighted by molar-refractivity contribution is -0.141. The van der Waals surface area contributed by atoms with Crippen molar-refractivity contribution >= 4 is 16.8 Å². The Balaban J connectivity index is 3.72. The first-order valence-electron chi connectivity index (χ1n) is 4.75. The van der Waals surface area contributed by atoms with E-state index in [0.717, 1.165) is 0 Å². The second-order valence-corrected chi connectivity index (χ2v) is 5.17. The number of aliphatic hydroxyl groups is 2. The molecule has 0 spiro atoms. The van der Waals surface area contributed by atoms with Crippen LogP contribution >= 0.6 is 0 Å². The Bertz CT molecular complexity index is 217. The van der Waals surface area contributed by atoms with Crippen molar-refractivity contribution in [2.24, 2.45) is 5.92 Å². The fourth-order valence-electron chi connectivity index (χ4n) is 0.759. The highest BCUT2D eigenvalue weighted by molar-refractivity contribution is 7.85. The molecule has 0 aromatic rings. The predicted octanol–water partition coefficient (Wildman–Crippen LogP) is -0.713. The van der Waals surface area contributed by atoms with E-state index >= 15 is 0 Å². The average Bonchev–Trinajstić information content (AvgIpc) is 2.14. The van der Waals surface area contributed by atoms with Crippen LogP contribution in [0.25, 0.3) is 0 Å². The normalized spacial score (nSPS) is 15.0. The van der Waals surface area contributed by atoms with E-state index in [0.29, 0.717) is 6.61 Å². The third kappa shape index (κ3) is 8.53. The van der Waals surface area contributed by atoms with Crippen LogP contribution in [0.15, 0.2) is 0 Å². The Kier molecular flexibility index (Phi) is 7.54. The minimum atomic E-state index is -1.48. The van der Waals surface area contributed by atoms with Gasteiger partial charge in [0, 0.05) is 10.8 Å². The van der Waals surface area contributed by atoms with Crippen molar-refractivity contribution in [3.8, 4) is 0 Å². The van der Waals surface area contributed by atoms with Crippen molar-refractivity contribution in [1.29, 1.82) is 0 Å². The average molecular weight is 238 g/mol. The highest BCUT2D eigenvalue weighted by Gasteiger charge is 2.13. The molecule has 2 unspecified atom stereocenters. The molecule has 0 aliphatic rings. The van der Waals surface area contributed by atoms with Gasteiger partial charge in [0.15, 0.2) is 0 Å². The molecular formula is C9H18O5S. The fraction of sp³-hybridized carbons (Fsp3) is 0.889. The topological polar surface area (TPSA) is 83.8 Å². The lowest BCUT2D eigenvalue weighted by Crippen LogP contribution is -2.25. The number of esters is 1. The molecule has 6 heteroatoms. The molecule has 5 nitrogen and oxygen atoms in total. The monoisotopic (exact) mass is 238 g/mol. The number of ether oxygens (including phenoxy) is 1. The van der Waals surface area contributed by atoms with E-state index in [1.54, 1.807) is 0 Å². The zero-order valence-corrected chi connectivity index (χ0v) is 9.83. The van der Waals surface area contributed by atoms with Crippen LogP contribution in [-0.4, -0.2) is 51.2 Å². The van der Waals surface area contributed by atoms with Gasteiger partial charge < -0.3 is 14.9 Å². The summed E-state index contributed by atoms with van der Waals surface area (Å²) in [6, 6.07) is 0. The lowest BCUT2D eigenvalue weighted by atomic mass is 10.2. The molecule has 0 fully saturated rings. The van der Waals surface area contributed by atoms with Gasteiger partial charge in [-0.1, -0.05) is 13.8 Å². The van der Waals surface area contributed by atoms with Gasteiger partial charge in [-0.2, -0.15) is 0 Å². The van der Waals surface area contributed by atoms with E-state index in [2.05, 4.69) is 0 Å². The summed E-state index contributed by atoms with van der Waals surface area (Å²) >= 11 is 0. The van der Waals surface area contributed by atoms with Gasteiger partial charge in [0.2, 0.25) is 0 Å². The van der Waals surface area contributed by atoms with Crippen molar-refractivity contribution in [3.63, 3.8) is 0 Å². The van der Waals surface area contributed by atoms with Crippen LogP contribution in [0.4, 0.5) is 0 Å². The number of carbonyl (C=O) groups excluding carboxylic acids is 1. The first-order valence-corrected chi connectivity index (χ1v) is 6.24. The van der Waals surface area contributed by atoms with E-state index in [9.17, 15) is 9.00 Å². The smallest absolute Gasteiger partial charge is 0.318 e. The maximum Gasteiger partial charge on any atom is 0.318 e. The van der Waals surface area contributed by atoms with E-state index in [1.807, 2.05) is 13.8 Å². The number of rotatable bonds is 7.